The molecular weight excluding hydrogens is 401 g/mol. The molecule has 2 aromatic rings. The third-order valence-electron chi connectivity index (χ3n) is 4.42. The highest BCUT2D eigenvalue weighted by atomic mass is 35.5. The Morgan fingerprint density at radius 1 is 1.11 bits per heavy atom. The van der Waals surface area contributed by atoms with Gasteiger partial charge in [-0.25, -0.2) is 4.98 Å². The first-order chi connectivity index (χ1) is 13.3. The second kappa shape index (κ2) is 8.90. The molecule has 1 N–H and O–H groups in total. The highest BCUT2D eigenvalue weighted by Gasteiger charge is 2.26. The molecule has 2 heterocycles. The first-order valence-corrected chi connectivity index (χ1v) is 9.73. The summed E-state index contributed by atoms with van der Waals surface area (Å²) in [7, 11) is 0. The molecule has 1 aliphatic heterocycles. The summed E-state index contributed by atoms with van der Waals surface area (Å²) in [5.41, 5.74) is 1.74. The van der Waals surface area contributed by atoms with Crippen LogP contribution in [0, 0.1) is 0 Å². The zero-order valence-corrected chi connectivity index (χ0v) is 17.1. The van der Waals surface area contributed by atoms with Crippen LogP contribution in [-0.2, 0) is 11.3 Å². The Hall–Kier alpha value is -2.15. The molecule has 1 aliphatic rings. The van der Waals surface area contributed by atoms with Crippen LogP contribution >= 0.6 is 23.2 Å². The molecule has 148 valence electrons. The normalized spacial score (nSPS) is 19.4. The number of hydrogen-bond donors (Lipinski definition) is 1. The number of pyridine rings is 1. The average molecular weight is 422 g/mol. The number of halogens is 2. The quantitative estimate of drug-likeness (QED) is 0.765. The molecule has 3 rings (SSSR count). The Morgan fingerprint density at radius 3 is 2.36 bits per heavy atom. The van der Waals surface area contributed by atoms with Gasteiger partial charge in [-0.15, -0.1) is 0 Å². The minimum absolute atomic E-state index is 0.0170. The van der Waals surface area contributed by atoms with E-state index < -0.39 is 0 Å². The van der Waals surface area contributed by atoms with Crippen LogP contribution < -0.4 is 5.32 Å². The van der Waals surface area contributed by atoms with E-state index in [1.54, 1.807) is 12.1 Å². The summed E-state index contributed by atoms with van der Waals surface area (Å²) in [6.45, 7) is 5.39. The Morgan fingerprint density at radius 2 is 1.75 bits per heavy atom. The number of hydrogen-bond acceptors (Lipinski definition) is 4. The number of benzene rings is 1. The molecule has 1 saturated heterocycles. The molecule has 0 spiro atoms. The zero-order valence-electron chi connectivity index (χ0n) is 15.6. The van der Waals surface area contributed by atoms with Crippen molar-refractivity contribution in [2.75, 3.05) is 13.1 Å². The third-order valence-corrected chi connectivity index (χ3v) is 4.92. The molecule has 0 saturated carbocycles. The Balaban J connectivity index is 1.60. The van der Waals surface area contributed by atoms with Crippen LogP contribution in [0.5, 0.6) is 0 Å². The van der Waals surface area contributed by atoms with Crippen molar-refractivity contribution >= 4 is 35.0 Å². The average Bonchev–Trinajstić information content (AvgIpc) is 2.65. The largest absolute Gasteiger partial charge is 0.372 e. The number of ether oxygens (including phenoxy) is 1. The van der Waals surface area contributed by atoms with Crippen molar-refractivity contribution in [3.05, 3.63) is 63.4 Å². The minimum atomic E-state index is -0.342. The van der Waals surface area contributed by atoms with E-state index in [0.717, 1.165) is 5.56 Å². The van der Waals surface area contributed by atoms with Crippen LogP contribution in [0.2, 0.25) is 10.3 Å². The zero-order chi connectivity index (χ0) is 20.3. The van der Waals surface area contributed by atoms with E-state index in [9.17, 15) is 9.59 Å². The van der Waals surface area contributed by atoms with Gasteiger partial charge < -0.3 is 15.0 Å². The van der Waals surface area contributed by atoms with Crippen molar-refractivity contribution in [1.82, 2.24) is 15.2 Å². The monoisotopic (exact) mass is 421 g/mol. The standard InChI is InChI=1S/C20H21Cl2N3O3/c1-12-10-25(11-13(2)28-12)20(27)15-5-3-14(4-6-15)9-23-19(26)16-7-8-17(21)24-18(16)22/h3-8,12-13H,9-11H2,1-2H3,(H,23,26)/t12-,13-/m0/s1. The summed E-state index contributed by atoms with van der Waals surface area (Å²) in [6, 6.07) is 10.2. The molecule has 0 bridgehead atoms. The fourth-order valence-corrected chi connectivity index (χ4v) is 3.58. The van der Waals surface area contributed by atoms with Gasteiger partial charge >= 0.3 is 0 Å². The van der Waals surface area contributed by atoms with Gasteiger partial charge in [0, 0.05) is 25.2 Å². The molecule has 0 aliphatic carbocycles. The van der Waals surface area contributed by atoms with Gasteiger partial charge in [0.25, 0.3) is 11.8 Å². The smallest absolute Gasteiger partial charge is 0.254 e. The lowest BCUT2D eigenvalue weighted by atomic mass is 10.1. The van der Waals surface area contributed by atoms with Gasteiger partial charge in [-0.2, -0.15) is 0 Å². The van der Waals surface area contributed by atoms with Gasteiger partial charge in [-0.3, -0.25) is 9.59 Å². The number of carbonyl (C=O) groups excluding carboxylic acids is 2. The molecule has 0 unspecified atom stereocenters. The van der Waals surface area contributed by atoms with Crippen molar-refractivity contribution < 1.29 is 14.3 Å². The topological polar surface area (TPSA) is 71.5 Å². The van der Waals surface area contributed by atoms with Crippen molar-refractivity contribution in [3.63, 3.8) is 0 Å². The van der Waals surface area contributed by atoms with E-state index in [4.69, 9.17) is 27.9 Å². The van der Waals surface area contributed by atoms with Gasteiger partial charge in [-0.05, 0) is 43.7 Å². The lowest BCUT2D eigenvalue weighted by Crippen LogP contribution is -2.48. The number of nitrogens with zero attached hydrogens (tertiary/aromatic N) is 2. The maximum atomic E-state index is 12.7. The third kappa shape index (κ3) is 5.01. The lowest BCUT2D eigenvalue weighted by Gasteiger charge is -2.35. The Kier molecular flexibility index (Phi) is 6.54. The molecule has 2 amide bonds. The first-order valence-electron chi connectivity index (χ1n) is 8.97. The van der Waals surface area contributed by atoms with Gasteiger partial charge in [0.1, 0.15) is 10.3 Å². The van der Waals surface area contributed by atoms with E-state index in [1.807, 2.05) is 30.9 Å². The van der Waals surface area contributed by atoms with Crippen LogP contribution in [0.3, 0.4) is 0 Å². The van der Waals surface area contributed by atoms with Crippen LogP contribution in [0.4, 0.5) is 0 Å². The first kappa shape index (κ1) is 20.6. The number of rotatable bonds is 4. The maximum Gasteiger partial charge on any atom is 0.254 e. The molecular formula is C20H21Cl2N3O3. The highest BCUT2D eigenvalue weighted by molar-refractivity contribution is 6.34. The van der Waals surface area contributed by atoms with Crippen LogP contribution in [0.15, 0.2) is 36.4 Å². The predicted octanol–water partition coefficient (Wildman–Crippen LogP) is 3.57. The van der Waals surface area contributed by atoms with Crippen LogP contribution in [0.1, 0.15) is 40.1 Å². The Bertz CT molecular complexity index is 863. The number of carbonyl (C=O) groups is 2. The number of nitrogens with one attached hydrogen (secondary N) is 1. The fraction of sp³-hybridized carbons (Fsp3) is 0.350. The minimum Gasteiger partial charge on any atom is -0.372 e. The van der Waals surface area contributed by atoms with Crippen molar-refractivity contribution in [1.29, 1.82) is 0 Å². The predicted molar refractivity (Wildman–Crippen MR) is 108 cm³/mol. The van der Waals surface area contributed by atoms with Crippen molar-refractivity contribution in [2.45, 2.75) is 32.6 Å². The molecule has 8 heteroatoms. The molecule has 1 fully saturated rings. The van der Waals surface area contributed by atoms with Gasteiger partial charge in [0.2, 0.25) is 0 Å². The number of amides is 2. The maximum absolute atomic E-state index is 12.7. The van der Waals surface area contributed by atoms with Gasteiger partial charge in [-0.1, -0.05) is 35.3 Å². The second-order valence-electron chi connectivity index (χ2n) is 6.82. The lowest BCUT2D eigenvalue weighted by molar-refractivity contribution is -0.0586. The van der Waals surface area contributed by atoms with E-state index in [2.05, 4.69) is 10.3 Å². The molecule has 1 aromatic heterocycles. The second-order valence-corrected chi connectivity index (χ2v) is 7.56. The number of aromatic nitrogens is 1. The van der Waals surface area contributed by atoms with Crippen LogP contribution in [-0.4, -0.2) is 47.0 Å². The summed E-state index contributed by atoms with van der Waals surface area (Å²) < 4.78 is 5.67. The summed E-state index contributed by atoms with van der Waals surface area (Å²) >= 11 is 11.7. The molecule has 0 radical (unpaired) electrons. The molecule has 6 nitrogen and oxygen atoms in total. The summed E-state index contributed by atoms with van der Waals surface area (Å²) in [5.74, 6) is -0.359. The van der Waals surface area contributed by atoms with Crippen molar-refractivity contribution in [3.8, 4) is 0 Å². The summed E-state index contributed by atoms with van der Waals surface area (Å²) in [5, 5.41) is 3.06. The number of morpholine rings is 1. The highest BCUT2D eigenvalue weighted by Crippen LogP contribution is 2.17. The molecule has 28 heavy (non-hydrogen) atoms. The molecule has 2 atom stereocenters. The summed E-state index contributed by atoms with van der Waals surface area (Å²) in [6.07, 6.45) is 0.0488. The summed E-state index contributed by atoms with van der Waals surface area (Å²) in [4.78, 5) is 30.6. The molecule has 1 aromatic carbocycles. The van der Waals surface area contributed by atoms with E-state index in [-0.39, 0.29) is 39.9 Å². The fourth-order valence-electron chi connectivity index (χ4n) is 3.15. The van der Waals surface area contributed by atoms with Crippen LogP contribution in [0.25, 0.3) is 0 Å². The van der Waals surface area contributed by atoms with E-state index >= 15 is 0 Å². The SMILES string of the molecule is C[C@H]1CN(C(=O)c2ccc(CNC(=O)c3ccc(Cl)nc3Cl)cc2)C[C@H](C)O1. The van der Waals surface area contributed by atoms with Gasteiger partial charge in [0.05, 0.1) is 17.8 Å². The van der Waals surface area contributed by atoms with E-state index in [1.165, 1.54) is 12.1 Å². The Labute approximate surface area is 173 Å². The van der Waals surface area contributed by atoms with E-state index in [0.29, 0.717) is 25.2 Å². The van der Waals surface area contributed by atoms with Crippen molar-refractivity contribution in [2.24, 2.45) is 0 Å². The van der Waals surface area contributed by atoms with Gasteiger partial charge in [0.15, 0.2) is 0 Å².